The number of hydrogen-bond donors (Lipinski definition) is 1. The third kappa shape index (κ3) is 2.42. The molecule has 1 N–H and O–H groups in total. The van der Waals surface area contributed by atoms with Crippen LogP contribution in [0.15, 0.2) is 42.5 Å². The van der Waals surface area contributed by atoms with Crippen molar-refractivity contribution < 1.29 is 18.7 Å². The fraction of sp³-hybridized carbons (Fsp3) is 0.0667. The van der Waals surface area contributed by atoms with Gasteiger partial charge in [-0.3, -0.25) is 0 Å². The van der Waals surface area contributed by atoms with E-state index in [0.29, 0.717) is 16.6 Å². The number of fused-ring (bicyclic) bond motifs is 1. The van der Waals surface area contributed by atoms with E-state index in [0.717, 1.165) is 4.57 Å². The summed E-state index contributed by atoms with van der Waals surface area (Å²) >= 11 is 5.81. The number of carboxylic acid groups (broad SMARTS) is 1. The van der Waals surface area contributed by atoms with Gasteiger partial charge in [0.25, 0.3) is 6.43 Å². The first kappa shape index (κ1) is 14.5. The molecule has 0 spiro atoms. The quantitative estimate of drug-likeness (QED) is 0.688. The molecule has 112 valence electrons. The third-order valence-corrected chi connectivity index (χ3v) is 3.48. The predicted octanol–water partition coefficient (Wildman–Crippen LogP) is 4.82. The van der Waals surface area contributed by atoms with E-state index in [1.54, 1.807) is 18.2 Å². The highest BCUT2D eigenvalue weighted by Crippen LogP contribution is 2.29. The highest BCUT2D eigenvalue weighted by Gasteiger charge is 2.17. The van der Waals surface area contributed by atoms with Crippen LogP contribution in [0.25, 0.3) is 22.3 Å². The molecule has 3 aromatic rings. The Morgan fingerprint density at radius 2 is 1.86 bits per heavy atom. The van der Waals surface area contributed by atoms with Gasteiger partial charge in [-0.2, -0.15) is 0 Å². The van der Waals surface area contributed by atoms with Gasteiger partial charge in [-0.15, -0.1) is 0 Å². The molecule has 7 heteroatoms. The molecule has 1 aromatic carbocycles. The molecular weight excluding hydrogens is 314 g/mol. The minimum atomic E-state index is -2.57. The molecule has 0 saturated carbocycles. The Morgan fingerprint density at radius 3 is 2.45 bits per heavy atom. The van der Waals surface area contributed by atoms with Gasteiger partial charge in [-0.05, 0) is 23.8 Å². The maximum absolute atomic E-state index is 12.6. The van der Waals surface area contributed by atoms with E-state index in [4.69, 9.17) is 11.6 Å². The molecule has 3 rings (SSSR count). The van der Waals surface area contributed by atoms with E-state index in [1.807, 2.05) is 0 Å². The second kappa shape index (κ2) is 5.38. The van der Waals surface area contributed by atoms with E-state index in [-0.39, 0.29) is 16.4 Å². The van der Waals surface area contributed by atoms with Crippen LogP contribution in [0.3, 0.4) is 0 Å². The maximum Gasteiger partial charge on any atom is 0.417 e. The van der Waals surface area contributed by atoms with E-state index in [9.17, 15) is 18.7 Å². The highest BCUT2D eigenvalue weighted by atomic mass is 35.5. The van der Waals surface area contributed by atoms with Gasteiger partial charge in [0, 0.05) is 10.9 Å². The second-order valence-electron chi connectivity index (χ2n) is 4.62. The summed E-state index contributed by atoms with van der Waals surface area (Å²) in [5.41, 5.74) is 0.926. The molecule has 0 aliphatic heterocycles. The van der Waals surface area contributed by atoms with Crippen LogP contribution in [0.5, 0.6) is 0 Å². The Labute approximate surface area is 128 Å². The standard InChI is InChI=1S/C15H9ClF2N2O2/c16-12-6-5-10-7-11(20(15(21)22)14(10)19-12)8-1-3-9(4-2-8)13(17)18/h1-7,13H,(H,21,22). The smallest absolute Gasteiger partial charge is 0.417 e. The van der Waals surface area contributed by atoms with Crippen LogP contribution in [0.1, 0.15) is 12.0 Å². The van der Waals surface area contributed by atoms with E-state index in [2.05, 4.69) is 4.98 Å². The van der Waals surface area contributed by atoms with Crippen molar-refractivity contribution >= 4 is 28.7 Å². The van der Waals surface area contributed by atoms with E-state index < -0.39 is 12.5 Å². The highest BCUT2D eigenvalue weighted by molar-refractivity contribution is 6.29. The van der Waals surface area contributed by atoms with Crippen molar-refractivity contribution in [3.05, 3.63) is 53.2 Å². The number of aromatic nitrogens is 2. The summed E-state index contributed by atoms with van der Waals surface area (Å²) in [5, 5.41) is 10.2. The van der Waals surface area contributed by atoms with Crippen LogP contribution < -0.4 is 0 Å². The normalized spacial score (nSPS) is 11.3. The van der Waals surface area contributed by atoms with Gasteiger partial charge in [0.05, 0.1) is 5.69 Å². The molecule has 22 heavy (non-hydrogen) atoms. The fourth-order valence-corrected chi connectivity index (χ4v) is 2.40. The van der Waals surface area contributed by atoms with Gasteiger partial charge in [0.15, 0.2) is 5.65 Å². The molecule has 0 bridgehead atoms. The number of hydrogen-bond acceptors (Lipinski definition) is 2. The molecule has 0 aliphatic rings. The third-order valence-electron chi connectivity index (χ3n) is 3.27. The second-order valence-corrected chi connectivity index (χ2v) is 5.00. The van der Waals surface area contributed by atoms with Crippen LogP contribution in [-0.4, -0.2) is 20.8 Å². The summed E-state index contributed by atoms with van der Waals surface area (Å²) in [6.45, 7) is 0. The fourth-order valence-electron chi connectivity index (χ4n) is 2.26. The summed E-state index contributed by atoms with van der Waals surface area (Å²) in [4.78, 5) is 15.5. The van der Waals surface area contributed by atoms with Crippen LogP contribution in [0, 0.1) is 0 Å². The van der Waals surface area contributed by atoms with Gasteiger partial charge >= 0.3 is 6.09 Å². The first-order valence-electron chi connectivity index (χ1n) is 6.27. The molecule has 0 aliphatic carbocycles. The molecule has 4 nitrogen and oxygen atoms in total. The van der Waals surface area contributed by atoms with Gasteiger partial charge in [0.2, 0.25) is 0 Å². The van der Waals surface area contributed by atoms with Crippen LogP contribution in [0.2, 0.25) is 5.15 Å². The SMILES string of the molecule is O=C(O)n1c(-c2ccc(C(F)F)cc2)cc2ccc(Cl)nc21. The Morgan fingerprint density at radius 1 is 1.18 bits per heavy atom. The van der Waals surface area contributed by atoms with E-state index >= 15 is 0 Å². The summed E-state index contributed by atoms with van der Waals surface area (Å²) < 4.78 is 26.2. The summed E-state index contributed by atoms with van der Waals surface area (Å²) in [6.07, 6.45) is -3.79. The zero-order valence-electron chi connectivity index (χ0n) is 11.0. The topological polar surface area (TPSA) is 55.1 Å². The van der Waals surface area contributed by atoms with Gasteiger partial charge in [0.1, 0.15) is 5.15 Å². The summed E-state index contributed by atoms with van der Waals surface area (Å²) in [6, 6.07) is 10.3. The zero-order chi connectivity index (χ0) is 15.9. The first-order valence-corrected chi connectivity index (χ1v) is 6.65. The molecule has 0 atom stereocenters. The average Bonchev–Trinajstić information content (AvgIpc) is 2.85. The number of benzene rings is 1. The summed E-state index contributed by atoms with van der Waals surface area (Å²) in [7, 11) is 0. The monoisotopic (exact) mass is 322 g/mol. The lowest BCUT2D eigenvalue weighted by Gasteiger charge is -2.06. The maximum atomic E-state index is 12.6. The number of alkyl halides is 2. The van der Waals surface area contributed by atoms with Gasteiger partial charge in [-0.1, -0.05) is 35.9 Å². The largest absolute Gasteiger partial charge is 0.464 e. The molecule has 0 unspecified atom stereocenters. The van der Waals surface area contributed by atoms with Gasteiger partial charge in [-0.25, -0.2) is 23.1 Å². The molecule has 0 fully saturated rings. The number of carbonyl (C=O) groups is 1. The number of pyridine rings is 1. The van der Waals surface area contributed by atoms with Crippen molar-refractivity contribution in [3.63, 3.8) is 0 Å². The molecule has 0 amide bonds. The van der Waals surface area contributed by atoms with Gasteiger partial charge < -0.3 is 5.11 Å². The minimum Gasteiger partial charge on any atom is -0.464 e. The molecule has 0 radical (unpaired) electrons. The zero-order valence-corrected chi connectivity index (χ0v) is 11.8. The number of rotatable bonds is 2. The van der Waals surface area contributed by atoms with Crippen LogP contribution in [0.4, 0.5) is 13.6 Å². The lowest BCUT2D eigenvalue weighted by atomic mass is 10.1. The number of nitrogens with zero attached hydrogens (tertiary/aromatic N) is 2. The minimum absolute atomic E-state index is 0.122. The Kier molecular flexibility index (Phi) is 3.54. The molecule has 2 aromatic heterocycles. The Bertz CT molecular complexity index is 860. The van der Waals surface area contributed by atoms with Crippen LogP contribution >= 0.6 is 11.6 Å². The Balaban J connectivity index is 2.21. The Hall–Kier alpha value is -2.47. The molecule has 0 saturated heterocycles. The van der Waals surface area contributed by atoms with Crippen molar-refractivity contribution in [3.8, 4) is 11.3 Å². The number of halogens is 3. The average molecular weight is 323 g/mol. The van der Waals surface area contributed by atoms with Crippen molar-refractivity contribution in [2.75, 3.05) is 0 Å². The van der Waals surface area contributed by atoms with E-state index in [1.165, 1.54) is 24.3 Å². The summed E-state index contributed by atoms with van der Waals surface area (Å²) in [5.74, 6) is 0. The predicted molar refractivity (Wildman–Crippen MR) is 78.6 cm³/mol. The van der Waals surface area contributed by atoms with Crippen molar-refractivity contribution in [1.29, 1.82) is 0 Å². The first-order chi connectivity index (χ1) is 10.5. The molecule has 2 heterocycles. The lowest BCUT2D eigenvalue weighted by molar-refractivity contribution is 0.151. The molecular formula is C15H9ClF2N2O2. The lowest BCUT2D eigenvalue weighted by Crippen LogP contribution is -2.10. The van der Waals surface area contributed by atoms with Crippen LogP contribution in [-0.2, 0) is 0 Å². The van der Waals surface area contributed by atoms with Crippen molar-refractivity contribution in [1.82, 2.24) is 9.55 Å². The van der Waals surface area contributed by atoms with Crippen molar-refractivity contribution in [2.45, 2.75) is 6.43 Å². The van der Waals surface area contributed by atoms with Crippen molar-refractivity contribution in [2.24, 2.45) is 0 Å².